The van der Waals surface area contributed by atoms with Crippen LogP contribution in [0.1, 0.15) is 117 Å². The molecule has 1 aromatic rings. The maximum atomic E-state index is 5.90. The second-order valence-electron chi connectivity index (χ2n) is 8.16. The van der Waals surface area contributed by atoms with E-state index in [-0.39, 0.29) is 40.0 Å². The quantitative estimate of drug-likeness (QED) is 0.110. The molecule has 0 aliphatic heterocycles. The van der Waals surface area contributed by atoms with Gasteiger partial charge in [0.15, 0.2) is 0 Å². The van der Waals surface area contributed by atoms with E-state index in [4.69, 9.17) is 9.47 Å². The summed E-state index contributed by atoms with van der Waals surface area (Å²) in [6.45, 7) is 6.09. The topological polar surface area (TPSA) is 18.5 Å². The van der Waals surface area contributed by atoms with Crippen LogP contribution in [0.4, 0.5) is 0 Å². The molecule has 0 saturated carbocycles. The largest absolute Gasteiger partial charge is 2.00 e. The van der Waals surface area contributed by atoms with Crippen LogP contribution in [-0.4, -0.2) is 36.3 Å². The molecule has 5 heteroatoms. The van der Waals surface area contributed by atoms with Gasteiger partial charge in [-0.1, -0.05) is 120 Å². The molecule has 0 saturated heterocycles. The fourth-order valence-corrected chi connectivity index (χ4v) is 3.90. The second-order valence-corrected chi connectivity index (χ2v) is 9.01. The maximum absolute atomic E-state index is 5.90. The molecule has 0 atom stereocenters. The van der Waals surface area contributed by atoms with E-state index in [0.29, 0.717) is 0 Å². The molecule has 31 heavy (non-hydrogen) atoms. The van der Waals surface area contributed by atoms with Crippen molar-refractivity contribution in [1.29, 1.82) is 0 Å². The van der Waals surface area contributed by atoms with Gasteiger partial charge in [0.2, 0.25) is 0 Å². The van der Waals surface area contributed by atoms with E-state index in [9.17, 15) is 0 Å². The average molecular weight is 573 g/mol. The number of hydrogen-bond donors (Lipinski definition) is 0. The Hall–Kier alpha value is 0.546. The first-order chi connectivity index (χ1) is 14.3. The zero-order valence-electron chi connectivity index (χ0n) is 20.2. The molecule has 0 unspecified atom stereocenters. The predicted molar refractivity (Wildman–Crippen MR) is 135 cm³/mol. The summed E-state index contributed by atoms with van der Waals surface area (Å²) in [5.41, 5.74) is 0. The molecule has 0 N–H and O–H groups in total. The summed E-state index contributed by atoms with van der Waals surface area (Å²) < 4.78 is 12.7. The average Bonchev–Trinajstić information content (AvgIpc) is 2.72. The van der Waals surface area contributed by atoms with Crippen molar-refractivity contribution >= 4 is 39.0 Å². The summed E-state index contributed by atoms with van der Waals surface area (Å²) >= 11 is 3.60. The van der Waals surface area contributed by atoms with Crippen LogP contribution in [0.15, 0.2) is 16.6 Å². The Balaban J connectivity index is 0. The zero-order chi connectivity index (χ0) is 21.0. The Morgan fingerprint density at radius 1 is 0.677 bits per heavy atom. The molecule has 1 rings (SSSR count). The first kappa shape index (κ1) is 33.7. The number of rotatable bonds is 20. The molecular weight excluding hydrogens is 528 g/mol. The third-order valence-electron chi connectivity index (χ3n) is 5.35. The van der Waals surface area contributed by atoms with Crippen molar-refractivity contribution in [2.45, 2.75) is 117 Å². The van der Waals surface area contributed by atoms with Gasteiger partial charge in [-0.05, 0) is 17.3 Å². The number of halogens is 2. The molecule has 1 aromatic carbocycles. The summed E-state index contributed by atoms with van der Waals surface area (Å²) in [5.74, 6) is 1.67. The fourth-order valence-electron chi connectivity index (χ4n) is 3.46. The SMILES string of the molecule is CCCCCCCCCCOc1[c-]cc(OCCCCCCCCCC)c(Br)c1.[Br-].[Mg+2]. The monoisotopic (exact) mass is 570 g/mol. The fraction of sp³-hybridized carbons (Fsp3) is 0.769. The molecule has 0 aliphatic carbocycles. The van der Waals surface area contributed by atoms with E-state index in [0.717, 1.165) is 42.0 Å². The molecule has 2 nitrogen and oxygen atoms in total. The maximum Gasteiger partial charge on any atom is 2.00 e. The molecular formula is C26H44Br2MgO2. The van der Waals surface area contributed by atoms with Crippen LogP contribution < -0.4 is 26.5 Å². The predicted octanol–water partition coefficient (Wildman–Crippen LogP) is 5.91. The molecule has 0 bridgehead atoms. The number of ether oxygens (including phenoxy) is 2. The molecule has 0 spiro atoms. The number of unbranched alkanes of at least 4 members (excludes halogenated alkanes) is 14. The van der Waals surface area contributed by atoms with Crippen LogP contribution in [0.3, 0.4) is 0 Å². The Bertz CT molecular complexity index is 500. The van der Waals surface area contributed by atoms with Crippen LogP contribution in [0, 0.1) is 6.07 Å². The molecule has 0 aromatic heterocycles. The smallest absolute Gasteiger partial charge is 1.00 e. The third kappa shape index (κ3) is 19.7. The molecule has 0 heterocycles. The van der Waals surface area contributed by atoms with E-state index in [1.807, 2.05) is 12.1 Å². The molecule has 0 amide bonds. The van der Waals surface area contributed by atoms with Crippen molar-refractivity contribution in [3.63, 3.8) is 0 Å². The molecule has 176 valence electrons. The zero-order valence-corrected chi connectivity index (χ0v) is 24.7. The van der Waals surface area contributed by atoms with Gasteiger partial charge >= 0.3 is 23.1 Å². The molecule has 0 radical (unpaired) electrons. The Morgan fingerprint density at radius 3 is 1.55 bits per heavy atom. The van der Waals surface area contributed by atoms with Gasteiger partial charge < -0.3 is 26.5 Å². The minimum Gasteiger partial charge on any atom is -1.00 e. The third-order valence-corrected chi connectivity index (χ3v) is 5.97. The molecule has 0 aliphatic rings. The van der Waals surface area contributed by atoms with Gasteiger partial charge in [0, 0.05) is 11.5 Å². The van der Waals surface area contributed by atoms with Crippen LogP contribution in [-0.2, 0) is 0 Å². The van der Waals surface area contributed by atoms with Crippen molar-refractivity contribution in [2.75, 3.05) is 13.2 Å². The van der Waals surface area contributed by atoms with E-state index in [1.54, 1.807) is 0 Å². The van der Waals surface area contributed by atoms with E-state index in [1.165, 1.54) is 89.9 Å². The summed E-state index contributed by atoms with van der Waals surface area (Å²) in [6.07, 6.45) is 21.1. The van der Waals surface area contributed by atoms with Crippen molar-refractivity contribution in [3.8, 4) is 11.5 Å². The standard InChI is InChI=1S/C26H44BrO2.BrH.Mg/c1-3-5-7-9-11-13-15-17-21-28-24-19-20-26(25(27)23-24)29-22-18-16-14-12-10-8-6-4-2;;/h20,23H,3-18,21-22H2,1-2H3;1H;/q-1;;+2/p-1. The number of benzene rings is 1. The van der Waals surface area contributed by atoms with Gasteiger partial charge in [0.05, 0.1) is 13.2 Å². The van der Waals surface area contributed by atoms with Crippen LogP contribution in [0.2, 0.25) is 0 Å². The minimum atomic E-state index is 0. The summed E-state index contributed by atoms with van der Waals surface area (Å²) in [7, 11) is 0. The van der Waals surface area contributed by atoms with Crippen molar-refractivity contribution in [1.82, 2.24) is 0 Å². The van der Waals surface area contributed by atoms with Gasteiger partial charge in [-0.15, -0.1) is 18.2 Å². The van der Waals surface area contributed by atoms with Gasteiger partial charge in [-0.2, -0.15) is 0 Å². The normalized spacial score (nSPS) is 10.3. The summed E-state index contributed by atoms with van der Waals surface area (Å²) in [6, 6.07) is 7.09. The number of hydrogen-bond acceptors (Lipinski definition) is 2. The Morgan fingerprint density at radius 2 is 1.10 bits per heavy atom. The second kappa shape index (κ2) is 25.2. The Labute approximate surface area is 228 Å². The Kier molecular flexibility index (Phi) is 27.4. The minimum absolute atomic E-state index is 0. The van der Waals surface area contributed by atoms with Crippen molar-refractivity contribution < 1.29 is 26.5 Å². The van der Waals surface area contributed by atoms with Gasteiger partial charge in [0.1, 0.15) is 0 Å². The van der Waals surface area contributed by atoms with Gasteiger partial charge in [-0.3, -0.25) is 0 Å². The van der Waals surface area contributed by atoms with Gasteiger partial charge in [0.25, 0.3) is 0 Å². The molecule has 0 fully saturated rings. The summed E-state index contributed by atoms with van der Waals surface area (Å²) in [4.78, 5) is 0. The van der Waals surface area contributed by atoms with E-state index < -0.39 is 0 Å². The first-order valence-electron chi connectivity index (χ1n) is 12.2. The van der Waals surface area contributed by atoms with E-state index >= 15 is 0 Å². The van der Waals surface area contributed by atoms with Crippen LogP contribution >= 0.6 is 15.9 Å². The van der Waals surface area contributed by atoms with Gasteiger partial charge in [-0.25, -0.2) is 0 Å². The van der Waals surface area contributed by atoms with Crippen molar-refractivity contribution in [2.24, 2.45) is 0 Å². The van der Waals surface area contributed by atoms with Crippen LogP contribution in [0.25, 0.3) is 0 Å². The van der Waals surface area contributed by atoms with Crippen LogP contribution in [0.5, 0.6) is 11.5 Å². The van der Waals surface area contributed by atoms with Crippen molar-refractivity contribution in [3.05, 3.63) is 22.7 Å². The first-order valence-corrected chi connectivity index (χ1v) is 13.0. The van der Waals surface area contributed by atoms with E-state index in [2.05, 4.69) is 35.8 Å². The summed E-state index contributed by atoms with van der Waals surface area (Å²) in [5, 5.41) is 0.